The van der Waals surface area contributed by atoms with Gasteiger partial charge in [0.15, 0.2) is 0 Å². The monoisotopic (exact) mass is 514 g/mol. The van der Waals surface area contributed by atoms with Crippen LogP contribution in [0, 0.1) is 0 Å². The Morgan fingerprint density at radius 2 is 1.64 bits per heavy atom. The summed E-state index contributed by atoms with van der Waals surface area (Å²) >= 11 is 0. The SMILES string of the molecule is O=C(NCCN1CCC2(CC1)C(=O)NCN2c1ccccc1)c1cc(C(F)(F)F)ccc1C(F)(F)F. The van der Waals surface area contributed by atoms with Crippen LogP contribution in [-0.4, -0.2) is 55.1 Å². The Morgan fingerprint density at radius 3 is 2.25 bits per heavy atom. The lowest BCUT2D eigenvalue weighted by molar-refractivity contribution is -0.141. The Morgan fingerprint density at radius 1 is 0.972 bits per heavy atom. The van der Waals surface area contributed by atoms with Crippen molar-refractivity contribution in [3.05, 3.63) is 65.2 Å². The first-order valence-electron chi connectivity index (χ1n) is 11.3. The van der Waals surface area contributed by atoms with Crippen LogP contribution in [0.2, 0.25) is 0 Å². The number of alkyl halides is 6. The molecule has 2 fully saturated rings. The first kappa shape index (κ1) is 25.8. The molecule has 0 radical (unpaired) electrons. The van der Waals surface area contributed by atoms with E-state index in [9.17, 15) is 35.9 Å². The van der Waals surface area contributed by atoms with Gasteiger partial charge in [0.05, 0.1) is 23.4 Å². The highest BCUT2D eigenvalue weighted by Crippen LogP contribution is 2.37. The van der Waals surface area contributed by atoms with E-state index in [1.54, 1.807) is 0 Å². The predicted octanol–water partition coefficient (Wildman–Crippen LogP) is 3.88. The number of benzene rings is 2. The van der Waals surface area contributed by atoms with Gasteiger partial charge in [0.2, 0.25) is 5.91 Å². The Bertz CT molecular complexity index is 1110. The molecule has 6 nitrogen and oxygen atoms in total. The zero-order valence-corrected chi connectivity index (χ0v) is 19.0. The van der Waals surface area contributed by atoms with Gasteiger partial charge in [-0.1, -0.05) is 18.2 Å². The smallest absolute Gasteiger partial charge is 0.351 e. The first-order valence-corrected chi connectivity index (χ1v) is 11.3. The minimum Gasteiger partial charge on any atom is -0.351 e. The van der Waals surface area contributed by atoms with Crippen molar-refractivity contribution in [2.24, 2.45) is 0 Å². The number of nitrogens with one attached hydrogen (secondary N) is 2. The molecule has 0 atom stereocenters. The van der Waals surface area contributed by atoms with Gasteiger partial charge in [-0.3, -0.25) is 9.59 Å². The van der Waals surface area contributed by atoms with Crippen molar-refractivity contribution in [1.29, 1.82) is 0 Å². The molecule has 2 aliphatic heterocycles. The number of piperidine rings is 1. The van der Waals surface area contributed by atoms with Crippen LogP contribution in [0.3, 0.4) is 0 Å². The minimum atomic E-state index is -4.98. The van der Waals surface area contributed by atoms with Crippen LogP contribution in [-0.2, 0) is 17.1 Å². The number of hydrogen-bond donors (Lipinski definition) is 2. The van der Waals surface area contributed by atoms with Crippen molar-refractivity contribution in [3.63, 3.8) is 0 Å². The van der Waals surface area contributed by atoms with Crippen molar-refractivity contribution < 1.29 is 35.9 Å². The molecule has 2 aliphatic rings. The number of carbonyl (C=O) groups is 2. The second-order valence-corrected chi connectivity index (χ2v) is 8.81. The van der Waals surface area contributed by atoms with Gasteiger partial charge in [-0.25, -0.2) is 0 Å². The highest BCUT2D eigenvalue weighted by atomic mass is 19.4. The summed E-state index contributed by atoms with van der Waals surface area (Å²) in [6.07, 6.45) is -8.85. The van der Waals surface area contributed by atoms with Gasteiger partial charge in [-0.15, -0.1) is 0 Å². The molecule has 0 saturated carbocycles. The molecule has 36 heavy (non-hydrogen) atoms. The Balaban J connectivity index is 1.37. The summed E-state index contributed by atoms with van der Waals surface area (Å²) in [6, 6.07) is 10.3. The van der Waals surface area contributed by atoms with Crippen LogP contribution in [0.4, 0.5) is 32.0 Å². The topological polar surface area (TPSA) is 64.7 Å². The lowest BCUT2D eigenvalue weighted by atomic mass is 9.85. The van der Waals surface area contributed by atoms with Gasteiger partial charge in [-0.2, -0.15) is 26.3 Å². The van der Waals surface area contributed by atoms with Gasteiger partial charge in [0.25, 0.3) is 5.91 Å². The average Bonchev–Trinajstić information content (AvgIpc) is 3.14. The molecule has 194 valence electrons. The summed E-state index contributed by atoms with van der Waals surface area (Å²) < 4.78 is 78.8. The van der Waals surface area contributed by atoms with Crippen molar-refractivity contribution in [2.75, 3.05) is 37.7 Å². The summed E-state index contributed by atoms with van der Waals surface area (Å²) in [5, 5.41) is 5.20. The van der Waals surface area contributed by atoms with Crippen LogP contribution in [0.25, 0.3) is 0 Å². The van der Waals surface area contributed by atoms with E-state index in [0.717, 1.165) is 5.69 Å². The number of carbonyl (C=O) groups excluding carboxylic acids is 2. The maximum atomic E-state index is 13.3. The van der Waals surface area contributed by atoms with Crippen molar-refractivity contribution in [3.8, 4) is 0 Å². The summed E-state index contributed by atoms with van der Waals surface area (Å²) in [4.78, 5) is 29.1. The molecule has 0 aliphatic carbocycles. The van der Waals surface area contributed by atoms with Gasteiger partial charge >= 0.3 is 12.4 Å². The van der Waals surface area contributed by atoms with Crippen molar-refractivity contribution in [1.82, 2.24) is 15.5 Å². The van der Waals surface area contributed by atoms with E-state index in [1.807, 2.05) is 40.1 Å². The molecule has 0 unspecified atom stereocenters. The highest BCUT2D eigenvalue weighted by molar-refractivity contribution is 5.96. The third kappa shape index (κ3) is 5.13. The van der Waals surface area contributed by atoms with Crippen LogP contribution < -0.4 is 15.5 Å². The van der Waals surface area contributed by atoms with E-state index in [0.29, 0.717) is 38.7 Å². The molecule has 1 spiro atoms. The van der Waals surface area contributed by atoms with Gasteiger partial charge < -0.3 is 20.4 Å². The van der Waals surface area contributed by atoms with Crippen LogP contribution in [0.1, 0.15) is 34.3 Å². The first-order chi connectivity index (χ1) is 16.9. The Kier molecular flexibility index (Phi) is 6.91. The number of para-hydroxylation sites is 1. The fourth-order valence-electron chi connectivity index (χ4n) is 4.76. The molecule has 2 aromatic carbocycles. The summed E-state index contributed by atoms with van der Waals surface area (Å²) in [6.45, 7) is 1.61. The number of nitrogens with zero attached hydrogens (tertiary/aromatic N) is 2. The van der Waals surface area contributed by atoms with E-state index >= 15 is 0 Å². The average molecular weight is 514 g/mol. The largest absolute Gasteiger partial charge is 0.417 e. The number of likely N-dealkylation sites (tertiary alicyclic amines) is 1. The molecule has 2 amide bonds. The predicted molar refractivity (Wildman–Crippen MR) is 119 cm³/mol. The quantitative estimate of drug-likeness (QED) is 0.595. The number of rotatable bonds is 5. The molecule has 4 rings (SSSR count). The molecule has 2 N–H and O–H groups in total. The molecular weight excluding hydrogens is 490 g/mol. The fraction of sp³-hybridized carbons (Fsp3) is 0.417. The number of anilines is 1. The van der Waals surface area contributed by atoms with Crippen LogP contribution >= 0.6 is 0 Å². The van der Waals surface area contributed by atoms with Gasteiger partial charge in [0.1, 0.15) is 5.54 Å². The maximum absolute atomic E-state index is 13.3. The Labute approximate surface area is 203 Å². The molecular formula is C24H24F6N4O2. The van der Waals surface area contributed by atoms with Crippen molar-refractivity contribution in [2.45, 2.75) is 30.7 Å². The normalized spacial score (nSPS) is 18.4. The molecule has 2 heterocycles. The molecule has 2 aromatic rings. The minimum absolute atomic E-state index is 0.0615. The number of amides is 2. The second kappa shape index (κ2) is 9.64. The third-order valence-electron chi connectivity index (χ3n) is 6.70. The fourth-order valence-corrected chi connectivity index (χ4v) is 4.76. The standard InChI is InChI=1S/C24H24F6N4O2/c25-23(26,27)16-6-7-19(24(28,29)30)18(14-16)20(35)31-10-13-33-11-8-22(9-12-33)21(36)32-15-34(22)17-4-2-1-3-5-17/h1-7,14H,8-13,15H2,(H,31,35)(H,32,36). The van der Waals surface area contributed by atoms with Crippen molar-refractivity contribution >= 4 is 17.5 Å². The maximum Gasteiger partial charge on any atom is 0.417 e. The van der Waals surface area contributed by atoms with Gasteiger partial charge in [-0.05, 0) is 43.2 Å². The second-order valence-electron chi connectivity index (χ2n) is 8.81. The lowest BCUT2D eigenvalue weighted by Gasteiger charge is -2.43. The molecule has 0 bridgehead atoms. The van der Waals surface area contributed by atoms with Crippen LogP contribution in [0.5, 0.6) is 0 Å². The number of hydrogen-bond acceptors (Lipinski definition) is 4. The molecule has 0 aromatic heterocycles. The van der Waals surface area contributed by atoms with E-state index < -0.39 is 40.5 Å². The zero-order chi connectivity index (χ0) is 26.1. The van der Waals surface area contributed by atoms with Crippen LogP contribution in [0.15, 0.2) is 48.5 Å². The number of halogens is 6. The summed E-state index contributed by atoms with van der Waals surface area (Å²) in [5.74, 6) is -1.30. The summed E-state index contributed by atoms with van der Waals surface area (Å²) in [7, 11) is 0. The van der Waals surface area contributed by atoms with Gasteiger partial charge in [0, 0.05) is 31.9 Å². The highest BCUT2D eigenvalue weighted by Gasteiger charge is 2.50. The van der Waals surface area contributed by atoms with E-state index in [-0.39, 0.29) is 31.1 Å². The zero-order valence-electron chi connectivity index (χ0n) is 19.0. The van der Waals surface area contributed by atoms with E-state index in [4.69, 9.17) is 0 Å². The van der Waals surface area contributed by atoms with E-state index in [1.165, 1.54) is 0 Å². The molecule has 2 saturated heterocycles. The third-order valence-corrected chi connectivity index (χ3v) is 6.70. The lowest BCUT2D eigenvalue weighted by Crippen LogP contribution is -2.57. The summed E-state index contributed by atoms with van der Waals surface area (Å²) in [5.41, 5.74) is -3.63. The Hall–Kier alpha value is -3.28. The van der Waals surface area contributed by atoms with E-state index in [2.05, 4.69) is 10.6 Å². The molecule has 12 heteroatoms.